The molecule has 0 spiro atoms. The van der Waals surface area contributed by atoms with Gasteiger partial charge in [-0.3, -0.25) is 4.79 Å². The van der Waals surface area contributed by atoms with E-state index in [2.05, 4.69) is 31.3 Å². The third-order valence-corrected chi connectivity index (χ3v) is 5.62. The molecule has 0 radical (unpaired) electrons. The van der Waals surface area contributed by atoms with Gasteiger partial charge in [0.15, 0.2) is 5.78 Å². The van der Waals surface area contributed by atoms with Crippen LogP contribution in [0.5, 0.6) is 0 Å². The number of hydrogen-bond donors (Lipinski definition) is 1. The van der Waals surface area contributed by atoms with E-state index in [0.29, 0.717) is 0 Å². The molecule has 3 nitrogen and oxygen atoms in total. The highest BCUT2D eigenvalue weighted by Gasteiger charge is 2.41. The van der Waals surface area contributed by atoms with Crippen LogP contribution < -0.4 is 5.32 Å². The van der Waals surface area contributed by atoms with E-state index in [1.54, 1.807) is 6.26 Å². The molecule has 2 aliphatic rings. The molecule has 0 bridgehead atoms. The topological polar surface area (TPSA) is 42.2 Å². The van der Waals surface area contributed by atoms with Gasteiger partial charge in [0, 0.05) is 11.3 Å². The number of carbonyl (C=O) groups is 1. The monoisotopic (exact) mass is 343 g/mol. The van der Waals surface area contributed by atoms with Crippen LogP contribution in [0.3, 0.4) is 0 Å². The summed E-state index contributed by atoms with van der Waals surface area (Å²) in [5.74, 6) is 1.03. The van der Waals surface area contributed by atoms with E-state index in [4.69, 9.17) is 4.42 Å². The summed E-state index contributed by atoms with van der Waals surface area (Å²) in [7, 11) is 0. The van der Waals surface area contributed by atoms with Crippen LogP contribution in [-0.2, 0) is 0 Å². The first kappa shape index (κ1) is 15.4. The first-order chi connectivity index (χ1) is 12.5. The zero-order chi connectivity index (χ0) is 17.9. The zero-order valence-corrected chi connectivity index (χ0v) is 15.0. The van der Waals surface area contributed by atoms with E-state index in [-0.39, 0.29) is 17.2 Å². The molecule has 1 unspecified atom stereocenters. The lowest BCUT2D eigenvalue weighted by Gasteiger charge is -2.23. The van der Waals surface area contributed by atoms with E-state index in [1.165, 1.54) is 5.57 Å². The van der Waals surface area contributed by atoms with Crippen molar-refractivity contribution in [3.63, 3.8) is 0 Å². The van der Waals surface area contributed by atoms with Gasteiger partial charge in [0.2, 0.25) is 0 Å². The molecule has 1 N–H and O–H groups in total. The summed E-state index contributed by atoms with van der Waals surface area (Å²) in [5, 5.41) is 5.73. The van der Waals surface area contributed by atoms with E-state index in [1.807, 2.05) is 36.4 Å². The van der Waals surface area contributed by atoms with E-state index < -0.39 is 0 Å². The molecule has 5 rings (SSSR count). The Morgan fingerprint density at radius 3 is 2.69 bits per heavy atom. The molecule has 1 aliphatic carbocycles. The Balaban J connectivity index is 1.77. The number of anilines is 1. The van der Waals surface area contributed by atoms with Crippen molar-refractivity contribution in [2.24, 2.45) is 5.41 Å². The number of carbonyl (C=O) groups excluding carboxylic acids is 1. The number of allylic oxidation sites excluding steroid dienone is 1. The van der Waals surface area contributed by atoms with Crippen LogP contribution in [0.4, 0.5) is 5.69 Å². The highest BCUT2D eigenvalue weighted by atomic mass is 16.3. The van der Waals surface area contributed by atoms with Gasteiger partial charge in [0.25, 0.3) is 0 Å². The number of rotatable bonds is 1. The lowest BCUT2D eigenvalue weighted by molar-refractivity contribution is 0.103. The standard InChI is InChI=1S/C23H21NO2/c1-23(2)12-16-17(13-23)22(25)20-15-7-4-3-6-14(15)9-10-18(20)24-21(16)19-8-5-11-26-19/h3-11,21,24H,12-13H2,1-2H3. The second-order valence-electron chi connectivity index (χ2n) is 8.15. The minimum atomic E-state index is -0.0897. The normalized spacial score (nSPS) is 21.3. The smallest absolute Gasteiger partial charge is 0.191 e. The second-order valence-corrected chi connectivity index (χ2v) is 8.15. The summed E-state index contributed by atoms with van der Waals surface area (Å²) in [6, 6.07) is 16.0. The fourth-order valence-electron chi connectivity index (χ4n) is 4.51. The predicted octanol–water partition coefficient (Wildman–Crippen LogP) is 5.90. The molecule has 26 heavy (non-hydrogen) atoms. The second kappa shape index (κ2) is 5.34. The van der Waals surface area contributed by atoms with Gasteiger partial charge in [-0.05, 0) is 52.8 Å². The van der Waals surface area contributed by atoms with Crippen molar-refractivity contribution >= 4 is 22.2 Å². The Hall–Kier alpha value is -2.81. The largest absolute Gasteiger partial charge is 0.467 e. The Morgan fingerprint density at radius 1 is 1.04 bits per heavy atom. The molecule has 1 aliphatic heterocycles. The van der Waals surface area contributed by atoms with Crippen LogP contribution >= 0.6 is 0 Å². The van der Waals surface area contributed by atoms with Gasteiger partial charge >= 0.3 is 0 Å². The molecule has 0 amide bonds. The highest BCUT2D eigenvalue weighted by molar-refractivity contribution is 6.21. The Labute approximate surface area is 152 Å². The SMILES string of the molecule is CC1(C)CC2=C(C1)C(c1ccco1)Nc1ccc3ccccc3c1C2=O. The third kappa shape index (κ3) is 2.23. The number of nitrogens with one attached hydrogen (secondary N) is 1. The Bertz CT molecular complexity index is 1060. The third-order valence-electron chi connectivity index (χ3n) is 5.62. The van der Waals surface area contributed by atoms with Gasteiger partial charge in [-0.2, -0.15) is 0 Å². The van der Waals surface area contributed by atoms with Gasteiger partial charge in [-0.1, -0.05) is 44.2 Å². The number of benzene rings is 2. The number of Topliss-reactive ketones (excluding diaryl/α,β-unsaturated/α-hetero) is 1. The van der Waals surface area contributed by atoms with Crippen LogP contribution in [0.2, 0.25) is 0 Å². The van der Waals surface area contributed by atoms with Crippen molar-refractivity contribution < 1.29 is 9.21 Å². The minimum absolute atomic E-state index is 0.0897. The molecule has 1 aromatic heterocycles. The Morgan fingerprint density at radius 2 is 1.88 bits per heavy atom. The van der Waals surface area contributed by atoms with Crippen LogP contribution in [-0.4, -0.2) is 5.78 Å². The molecule has 2 heterocycles. The van der Waals surface area contributed by atoms with Gasteiger partial charge < -0.3 is 9.73 Å². The molecule has 0 saturated carbocycles. The molecule has 3 heteroatoms. The first-order valence-corrected chi connectivity index (χ1v) is 9.12. The summed E-state index contributed by atoms with van der Waals surface area (Å²) in [6.45, 7) is 4.47. The van der Waals surface area contributed by atoms with Gasteiger partial charge in [0.05, 0.1) is 11.8 Å². The van der Waals surface area contributed by atoms with Crippen LogP contribution in [0.25, 0.3) is 10.8 Å². The molecular formula is C23H21NO2. The van der Waals surface area contributed by atoms with Crippen LogP contribution in [0, 0.1) is 5.41 Å². The van der Waals surface area contributed by atoms with Crippen LogP contribution in [0.1, 0.15) is 48.8 Å². The summed E-state index contributed by atoms with van der Waals surface area (Å²) in [4.78, 5) is 13.6. The maximum absolute atomic E-state index is 13.6. The first-order valence-electron chi connectivity index (χ1n) is 9.12. The maximum atomic E-state index is 13.6. The molecule has 130 valence electrons. The molecule has 2 aromatic carbocycles. The average molecular weight is 343 g/mol. The van der Waals surface area contributed by atoms with E-state index in [9.17, 15) is 4.79 Å². The number of furan rings is 1. The quantitative estimate of drug-likeness (QED) is 0.598. The van der Waals surface area contributed by atoms with Crippen molar-refractivity contribution in [3.8, 4) is 0 Å². The number of hydrogen-bond acceptors (Lipinski definition) is 3. The molecule has 0 saturated heterocycles. The van der Waals surface area contributed by atoms with Gasteiger partial charge in [-0.15, -0.1) is 0 Å². The minimum Gasteiger partial charge on any atom is -0.467 e. The molecule has 1 atom stereocenters. The van der Waals surface area contributed by atoms with Crippen molar-refractivity contribution in [3.05, 3.63) is 77.3 Å². The average Bonchev–Trinajstić information content (AvgIpc) is 3.24. The van der Waals surface area contributed by atoms with Crippen molar-refractivity contribution in [1.29, 1.82) is 0 Å². The summed E-state index contributed by atoms with van der Waals surface area (Å²) >= 11 is 0. The summed E-state index contributed by atoms with van der Waals surface area (Å²) in [5.41, 5.74) is 3.91. The van der Waals surface area contributed by atoms with Crippen LogP contribution in [0.15, 0.2) is 70.4 Å². The lowest BCUT2D eigenvalue weighted by Crippen LogP contribution is -2.15. The maximum Gasteiger partial charge on any atom is 0.191 e. The fourth-order valence-corrected chi connectivity index (χ4v) is 4.51. The molecule has 0 fully saturated rings. The number of fused-ring (bicyclic) bond motifs is 3. The van der Waals surface area contributed by atoms with Crippen molar-refractivity contribution in [2.75, 3.05) is 5.32 Å². The zero-order valence-electron chi connectivity index (χ0n) is 15.0. The van der Waals surface area contributed by atoms with Gasteiger partial charge in [0.1, 0.15) is 11.8 Å². The van der Waals surface area contributed by atoms with Crippen molar-refractivity contribution in [1.82, 2.24) is 0 Å². The van der Waals surface area contributed by atoms with E-state index in [0.717, 1.165) is 46.2 Å². The lowest BCUT2D eigenvalue weighted by atomic mass is 9.86. The Kier molecular flexibility index (Phi) is 3.17. The van der Waals surface area contributed by atoms with Gasteiger partial charge in [-0.25, -0.2) is 0 Å². The molecular weight excluding hydrogens is 322 g/mol. The number of ketones is 1. The van der Waals surface area contributed by atoms with E-state index >= 15 is 0 Å². The fraction of sp³-hybridized carbons (Fsp3) is 0.261. The van der Waals surface area contributed by atoms with Crippen molar-refractivity contribution in [2.45, 2.75) is 32.7 Å². The summed E-state index contributed by atoms with van der Waals surface area (Å²) in [6.07, 6.45) is 3.41. The highest BCUT2D eigenvalue weighted by Crippen LogP contribution is 2.50. The molecule has 3 aromatic rings. The summed E-state index contributed by atoms with van der Waals surface area (Å²) < 4.78 is 5.73. The predicted molar refractivity (Wildman–Crippen MR) is 103 cm³/mol.